The molecule has 6 nitrogen and oxygen atoms in total. The summed E-state index contributed by atoms with van der Waals surface area (Å²) in [6.45, 7) is 7.17. The smallest absolute Gasteiger partial charge is 0.0801 e. The summed E-state index contributed by atoms with van der Waals surface area (Å²) < 4.78 is 6.09. The second kappa shape index (κ2) is 6.92. The Morgan fingerprint density at radius 1 is 1.35 bits per heavy atom. The summed E-state index contributed by atoms with van der Waals surface area (Å²) in [7, 11) is 0. The molecule has 110 valence electrons. The van der Waals surface area contributed by atoms with Gasteiger partial charge in [-0.1, -0.05) is 18.3 Å². The molecule has 2 aromatic rings. The third-order valence-electron chi connectivity index (χ3n) is 3.43. The molecule has 2 rings (SSSR count). The highest BCUT2D eigenvalue weighted by atomic mass is 32.1. The van der Waals surface area contributed by atoms with E-state index in [1.807, 2.05) is 4.68 Å². The molecule has 20 heavy (non-hydrogen) atoms. The maximum atomic E-state index is 5.74. The number of nitrogens with two attached hydrogens (primary N) is 1. The van der Waals surface area contributed by atoms with Crippen LogP contribution in [-0.2, 0) is 25.8 Å². The van der Waals surface area contributed by atoms with Gasteiger partial charge in [0.25, 0.3) is 0 Å². The molecule has 0 bridgehead atoms. The van der Waals surface area contributed by atoms with Crippen LogP contribution in [-0.4, -0.2) is 19.4 Å². The minimum atomic E-state index is 0.0386. The monoisotopic (exact) mass is 294 g/mol. The van der Waals surface area contributed by atoms with Crippen LogP contribution < -0.4 is 11.3 Å². The first-order chi connectivity index (χ1) is 9.73. The Hall–Kier alpha value is -1.31. The van der Waals surface area contributed by atoms with Gasteiger partial charge in [-0.15, -0.1) is 5.10 Å². The predicted octanol–water partition coefficient (Wildman–Crippen LogP) is 1.63. The summed E-state index contributed by atoms with van der Waals surface area (Å²) in [5, 5.41) is 8.74. The molecular weight excluding hydrogens is 272 g/mol. The van der Waals surface area contributed by atoms with Crippen LogP contribution in [0.1, 0.15) is 48.8 Å². The van der Waals surface area contributed by atoms with Gasteiger partial charge in [-0.2, -0.15) is 5.10 Å². The van der Waals surface area contributed by atoms with E-state index in [0.717, 1.165) is 42.1 Å². The first-order valence-corrected chi connectivity index (χ1v) is 7.83. The lowest BCUT2D eigenvalue weighted by atomic mass is 10.1. The van der Waals surface area contributed by atoms with E-state index in [1.54, 1.807) is 0 Å². The molecule has 1 atom stereocenters. The highest BCUT2D eigenvalue weighted by molar-refractivity contribution is 7.05. The lowest BCUT2D eigenvalue weighted by molar-refractivity contribution is 0.519. The molecule has 2 heterocycles. The first-order valence-electron chi connectivity index (χ1n) is 7.06. The minimum absolute atomic E-state index is 0.0386. The zero-order chi connectivity index (χ0) is 14.5. The molecule has 0 amide bonds. The minimum Gasteiger partial charge on any atom is -0.271 e. The van der Waals surface area contributed by atoms with E-state index in [4.69, 9.17) is 5.84 Å². The lowest BCUT2D eigenvalue weighted by Crippen LogP contribution is -2.30. The van der Waals surface area contributed by atoms with Crippen LogP contribution in [0.4, 0.5) is 0 Å². The molecule has 0 aliphatic carbocycles. The van der Waals surface area contributed by atoms with Crippen molar-refractivity contribution in [2.45, 2.75) is 52.6 Å². The number of hydrazine groups is 1. The van der Waals surface area contributed by atoms with Gasteiger partial charge in [0.15, 0.2) is 0 Å². The number of rotatable bonds is 7. The van der Waals surface area contributed by atoms with Crippen LogP contribution in [0.5, 0.6) is 0 Å². The quantitative estimate of drug-likeness (QED) is 0.599. The van der Waals surface area contributed by atoms with Gasteiger partial charge >= 0.3 is 0 Å². The van der Waals surface area contributed by atoms with E-state index in [9.17, 15) is 0 Å². The Bertz CT molecular complexity index is 547. The van der Waals surface area contributed by atoms with Gasteiger partial charge in [0.2, 0.25) is 0 Å². The van der Waals surface area contributed by atoms with Gasteiger partial charge in [-0.25, -0.2) is 0 Å². The summed E-state index contributed by atoms with van der Waals surface area (Å²) in [6, 6.07) is 2.20. The van der Waals surface area contributed by atoms with Crippen LogP contribution in [0.15, 0.2) is 6.07 Å². The summed E-state index contributed by atoms with van der Waals surface area (Å²) in [5.74, 6) is 5.74. The summed E-state index contributed by atoms with van der Waals surface area (Å²) in [4.78, 5) is 1.12. The molecule has 0 aromatic carbocycles. The Balaban J connectivity index is 2.24. The van der Waals surface area contributed by atoms with Gasteiger partial charge in [0, 0.05) is 18.7 Å². The van der Waals surface area contributed by atoms with Crippen molar-refractivity contribution < 1.29 is 0 Å². The van der Waals surface area contributed by atoms with Crippen LogP contribution in [0, 0.1) is 0 Å². The average Bonchev–Trinajstić information content (AvgIpc) is 3.10. The zero-order valence-corrected chi connectivity index (χ0v) is 13.1. The Kier molecular flexibility index (Phi) is 5.22. The molecule has 0 spiro atoms. The number of nitrogens with one attached hydrogen (secondary N) is 1. The Labute approximate surface area is 123 Å². The fourth-order valence-electron chi connectivity index (χ4n) is 2.29. The van der Waals surface area contributed by atoms with Crippen LogP contribution >= 0.6 is 11.5 Å². The standard InChI is InChI=1S/C13H22N6S/c1-4-9-7-10(19(6-3)17-9)8-12(15-14)13-11(5-2)16-18-20-13/h7,12,15H,4-6,8,14H2,1-3H3. The van der Waals surface area contributed by atoms with Crippen molar-refractivity contribution in [1.29, 1.82) is 0 Å². The molecule has 0 aliphatic heterocycles. The Morgan fingerprint density at radius 3 is 2.75 bits per heavy atom. The molecule has 2 aromatic heterocycles. The van der Waals surface area contributed by atoms with E-state index in [1.165, 1.54) is 17.2 Å². The second-order valence-corrected chi connectivity index (χ2v) is 5.44. The molecule has 0 aliphatic rings. The van der Waals surface area contributed by atoms with E-state index in [-0.39, 0.29) is 6.04 Å². The highest BCUT2D eigenvalue weighted by Gasteiger charge is 2.20. The fraction of sp³-hybridized carbons (Fsp3) is 0.615. The molecule has 3 N–H and O–H groups in total. The van der Waals surface area contributed by atoms with Crippen molar-refractivity contribution in [3.8, 4) is 0 Å². The summed E-state index contributed by atoms with van der Waals surface area (Å²) in [6.07, 6.45) is 2.62. The second-order valence-electron chi connectivity index (χ2n) is 4.66. The van der Waals surface area contributed by atoms with Crippen molar-refractivity contribution in [2.24, 2.45) is 5.84 Å². The molecular formula is C13H22N6S. The number of nitrogens with zero attached hydrogens (tertiary/aromatic N) is 4. The van der Waals surface area contributed by atoms with E-state index in [2.05, 4.69) is 46.9 Å². The third kappa shape index (κ3) is 3.05. The third-order valence-corrected chi connectivity index (χ3v) is 4.31. The Morgan fingerprint density at radius 2 is 2.15 bits per heavy atom. The van der Waals surface area contributed by atoms with E-state index < -0.39 is 0 Å². The number of aromatic nitrogens is 4. The maximum Gasteiger partial charge on any atom is 0.0801 e. The summed E-state index contributed by atoms with van der Waals surface area (Å²) >= 11 is 1.42. The summed E-state index contributed by atoms with van der Waals surface area (Å²) in [5.41, 5.74) is 6.24. The predicted molar refractivity (Wildman–Crippen MR) is 80.3 cm³/mol. The number of hydrogen-bond acceptors (Lipinski definition) is 6. The van der Waals surface area contributed by atoms with Gasteiger partial charge < -0.3 is 0 Å². The SMILES string of the molecule is CCc1cc(CC(NN)c2snnc2CC)n(CC)n1. The van der Waals surface area contributed by atoms with Crippen molar-refractivity contribution in [3.63, 3.8) is 0 Å². The molecule has 0 radical (unpaired) electrons. The lowest BCUT2D eigenvalue weighted by Gasteiger charge is -2.15. The maximum absolute atomic E-state index is 5.74. The van der Waals surface area contributed by atoms with Crippen molar-refractivity contribution >= 4 is 11.5 Å². The van der Waals surface area contributed by atoms with Gasteiger partial charge in [0.1, 0.15) is 0 Å². The normalized spacial score (nSPS) is 12.8. The van der Waals surface area contributed by atoms with Crippen molar-refractivity contribution in [3.05, 3.63) is 28.0 Å². The highest BCUT2D eigenvalue weighted by Crippen LogP contribution is 2.24. The molecule has 0 fully saturated rings. The van der Waals surface area contributed by atoms with Crippen LogP contribution in [0.2, 0.25) is 0 Å². The molecule has 7 heteroatoms. The molecule has 0 saturated carbocycles. The van der Waals surface area contributed by atoms with Crippen molar-refractivity contribution in [1.82, 2.24) is 24.8 Å². The largest absolute Gasteiger partial charge is 0.271 e. The molecule has 0 saturated heterocycles. The van der Waals surface area contributed by atoms with Gasteiger partial charge in [-0.3, -0.25) is 16.0 Å². The zero-order valence-electron chi connectivity index (χ0n) is 12.3. The molecule has 1 unspecified atom stereocenters. The fourth-order valence-corrected chi connectivity index (χ4v) is 3.08. The van der Waals surface area contributed by atoms with Gasteiger partial charge in [0.05, 0.1) is 22.3 Å². The van der Waals surface area contributed by atoms with Crippen LogP contribution in [0.3, 0.4) is 0 Å². The van der Waals surface area contributed by atoms with Gasteiger partial charge in [-0.05, 0) is 37.4 Å². The van der Waals surface area contributed by atoms with Crippen LogP contribution in [0.25, 0.3) is 0 Å². The average molecular weight is 294 g/mol. The number of aryl methyl sites for hydroxylation is 3. The number of hydrogen-bond donors (Lipinski definition) is 2. The van der Waals surface area contributed by atoms with E-state index >= 15 is 0 Å². The first kappa shape index (κ1) is 15.1. The topological polar surface area (TPSA) is 81.6 Å². The van der Waals surface area contributed by atoms with Crippen molar-refractivity contribution in [2.75, 3.05) is 0 Å². The van der Waals surface area contributed by atoms with E-state index in [0.29, 0.717) is 0 Å².